The van der Waals surface area contributed by atoms with Crippen molar-refractivity contribution in [1.29, 1.82) is 0 Å². The number of ether oxygens (including phenoxy) is 1. The van der Waals surface area contributed by atoms with Gasteiger partial charge in [0.1, 0.15) is 11.5 Å². The molecule has 2 N–H and O–H groups in total. The Kier molecular flexibility index (Phi) is 7.65. The number of hydrogen-bond donors (Lipinski definition) is 2. The molecule has 0 aliphatic rings. The second-order valence-corrected chi connectivity index (χ2v) is 9.78. The summed E-state index contributed by atoms with van der Waals surface area (Å²) in [6.45, 7) is 3.56. The summed E-state index contributed by atoms with van der Waals surface area (Å²) in [6, 6.07) is 12.0. The topological polar surface area (TPSA) is 144 Å². The molecule has 6 rings (SSSR count). The molecule has 0 unspecified atom stereocenters. The number of benzene rings is 2. The molecule has 11 heteroatoms. The smallest absolute Gasteiger partial charge is 0.223 e. The van der Waals surface area contributed by atoms with E-state index >= 15 is 0 Å². The number of aromatic nitrogens is 8. The maximum atomic E-state index is 6.68. The van der Waals surface area contributed by atoms with Crippen molar-refractivity contribution in [3.05, 3.63) is 95.7 Å². The van der Waals surface area contributed by atoms with Gasteiger partial charge >= 0.3 is 0 Å². The van der Waals surface area contributed by atoms with E-state index in [0.717, 1.165) is 72.2 Å². The molecule has 0 spiro atoms. The first-order chi connectivity index (χ1) is 20.1. The zero-order chi connectivity index (χ0) is 28.0. The lowest BCUT2D eigenvalue weighted by Gasteiger charge is -2.17. The van der Waals surface area contributed by atoms with Crippen molar-refractivity contribution in [2.45, 2.75) is 52.4 Å². The van der Waals surface area contributed by atoms with Crippen LogP contribution in [-0.4, -0.2) is 40.2 Å². The minimum Gasteiger partial charge on any atom is -0.456 e. The molecule has 208 valence electrons. The van der Waals surface area contributed by atoms with E-state index in [1.165, 1.54) is 0 Å². The Morgan fingerprint density at radius 1 is 0.659 bits per heavy atom. The Morgan fingerprint density at radius 3 is 1.54 bits per heavy atom. The lowest BCUT2D eigenvalue weighted by molar-refractivity contribution is 0.393. The zero-order valence-electron chi connectivity index (χ0n) is 22.9. The quantitative estimate of drug-likeness (QED) is 0.188. The lowest BCUT2D eigenvalue weighted by atomic mass is 9.98. The number of hydrogen-bond acceptors (Lipinski definition) is 9. The molecule has 11 nitrogen and oxygen atoms in total. The highest BCUT2D eigenvalue weighted by Gasteiger charge is 2.22. The van der Waals surface area contributed by atoms with Gasteiger partial charge in [0.25, 0.3) is 0 Å². The lowest BCUT2D eigenvalue weighted by Crippen LogP contribution is -2.01. The summed E-state index contributed by atoms with van der Waals surface area (Å²) >= 11 is 0. The maximum absolute atomic E-state index is 6.68. The summed E-state index contributed by atoms with van der Waals surface area (Å²) in [5.74, 6) is 3.19. The Labute approximate surface area is 236 Å². The van der Waals surface area contributed by atoms with E-state index in [-0.39, 0.29) is 0 Å². The SMILES string of the molecule is Cc1nc(-c2c(CCCc3c[nH]cn3)cccc2Oc2cccc(CCCc3c[nH]cn3)c2-c2noc(C)n2)no1. The minimum atomic E-state index is 0.485. The van der Waals surface area contributed by atoms with Crippen LogP contribution in [0.1, 0.15) is 47.1 Å². The molecule has 0 atom stereocenters. The molecule has 0 radical (unpaired) electrons. The van der Waals surface area contributed by atoms with Gasteiger partial charge in [-0.05, 0) is 61.8 Å². The highest BCUT2D eigenvalue weighted by molar-refractivity contribution is 5.72. The third-order valence-corrected chi connectivity index (χ3v) is 6.82. The molecule has 0 aliphatic carbocycles. The van der Waals surface area contributed by atoms with Gasteiger partial charge in [-0.3, -0.25) is 0 Å². The molecule has 0 saturated carbocycles. The molecule has 0 bridgehead atoms. The Balaban J connectivity index is 1.34. The van der Waals surface area contributed by atoms with Crippen LogP contribution in [0.2, 0.25) is 0 Å². The Hall–Kier alpha value is -5.06. The predicted octanol–water partition coefficient (Wildman–Crippen LogP) is 5.99. The molecular weight excluding hydrogens is 520 g/mol. The van der Waals surface area contributed by atoms with E-state index in [2.05, 4.69) is 52.3 Å². The molecule has 41 heavy (non-hydrogen) atoms. The molecule has 4 aromatic heterocycles. The summed E-state index contributed by atoms with van der Waals surface area (Å²) < 4.78 is 17.4. The van der Waals surface area contributed by atoms with E-state index < -0.39 is 0 Å². The van der Waals surface area contributed by atoms with Crippen molar-refractivity contribution >= 4 is 0 Å². The number of imidazole rings is 2. The van der Waals surface area contributed by atoms with Crippen LogP contribution in [0, 0.1) is 13.8 Å². The maximum Gasteiger partial charge on any atom is 0.223 e. The molecule has 2 aromatic carbocycles. The third-order valence-electron chi connectivity index (χ3n) is 6.82. The molecule has 0 saturated heterocycles. The fourth-order valence-corrected chi connectivity index (χ4v) is 4.94. The Bertz CT molecular complexity index is 1580. The van der Waals surface area contributed by atoms with E-state index in [0.29, 0.717) is 34.9 Å². The fourth-order valence-electron chi connectivity index (χ4n) is 4.94. The van der Waals surface area contributed by atoms with Gasteiger partial charge in [-0.1, -0.05) is 34.6 Å². The van der Waals surface area contributed by atoms with Gasteiger partial charge in [0, 0.05) is 26.2 Å². The van der Waals surface area contributed by atoms with Crippen LogP contribution in [0.4, 0.5) is 0 Å². The van der Waals surface area contributed by atoms with E-state index in [9.17, 15) is 0 Å². The molecule has 0 fully saturated rings. The standard InChI is InChI=1S/C30H30N8O3/c1-19-35-29(37-40-19)27-21(7-3-11-23-15-31-17-33-23)9-5-13-25(27)39-26-14-6-10-22(8-4-12-24-16-32-18-34-24)28(26)30-36-20(2)41-38-30/h5-6,9-10,13-18H,3-4,7-8,11-12H2,1-2H3,(H,31,33)(H,32,34). The van der Waals surface area contributed by atoms with Gasteiger partial charge in [-0.15, -0.1) is 0 Å². The van der Waals surface area contributed by atoms with Crippen LogP contribution in [0.15, 0.2) is 70.5 Å². The molecule has 0 aliphatic heterocycles. The molecule has 6 aromatic rings. The monoisotopic (exact) mass is 550 g/mol. The first-order valence-electron chi connectivity index (χ1n) is 13.6. The average Bonchev–Trinajstić information content (AvgIpc) is 3.79. The van der Waals surface area contributed by atoms with Crippen LogP contribution in [0.3, 0.4) is 0 Å². The summed E-state index contributed by atoms with van der Waals surface area (Å²) in [7, 11) is 0. The van der Waals surface area contributed by atoms with Gasteiger partial charge in [-0.25, -0.2) is 9.97 Å². The number of rotatable bonds is 12. The molecule has 0 amide bonds. The summed E-state index contributed by atoms with van der Waals surface area (Å²) in [4.78, 5) is 23.8. The Morgan fingerprint density at radius 2 is 1.15 bits per heavy atom. The van der Waals surface area contributed by atoms with Gasteiger partial charge < -0.3 is 23.8 Å². The van der Waals surface area contributed by atoms with Crippen molar-refractivity contribution in [2.24, 2.45) is 0 Å². The largest absolute Gasteiger partial charge is 0.456 e. The second kappa shape index (κ2) is 12.0. The van der Waals surface area contributed by atoms with Crippen molar-refractivity contribution in [1.82, 2.24) is 40.2 Å². The van der Waals surface area contributed by atoms with Crippen molar-refractivity contribution < 1.29 is 13.8 Å². The highest BCUT2D eigenvalue weighted by Crippen LogP contribution is 2.40. The number of aromatic amines is 2. The first kappa shape index (κ1) is 26.2. The third kappa shape index (κ3) is 6.08. The highest BCUT2D eigenvalue weighted by atomic mass is 16.5. The van der Waals surface area contributed by atoms with Crippen molar-refractivity contribution in [2.75, 3.05) is 0 Å². The zero-order valence-corrected chi connectivity index (χ0v) is 22.9. The summed E-state index contributed by atoms with van der Waals surface area (Å²) in [5.41, 5.74) is 5.77. The second-order valence-electron chi connectivity index (χ2n) is 9.78. The minimum absolute atomic E-state index is 0.485. The summed E-state index contributed by atoms with van der Waals surface area (Å²) in [6.07, 6.45) is 12.3. The first-order valence-corrected chi connectivity index (χ1v) is 13.6. The molecular formula is C30H30N8O3. The van der Waals surface area contributed by atoms with Gasteiger partial charge in [0.2, 0.25) is 23.4 Å². The number of nitrogens with zero attached hydrogens (tertiary/aromatic N) is 6. The van der Waals surface area contributed by atoms with Crippen LogP contribution >= 0.6 is 0 Å². The van der Waals surface area contributed by atoms with E-state index in [4.69, 9.17) is 13.8 Å². The average molecular weight is 551 g/mol. The van der Waals surface area contributed by atoms with Crippen LogP contribution < -0.4 is 4.74 Å². The molecule has 4 heterocycles. The predicted molar refractivity (Wildman–Crippen MR) is 150 cm³/mol. The van der Waals surface area contributed by atoms with Crippen molar-refractivity contribution in [3.63, 3.8) is 0 Å². The number of aryl methyl sites for hydroxylation is 6. The van der Waals surface area contributed by atoms with Crippen LogP contribution in [0.25, 0.3) is 22.8 Å². The van der Waals surface area contributed by atoms with Crippen molar-refractivity contribution in [3.8, 4) is 34.3 Å². The van der Waals surface area contributed by atoms with Gasteiger partial charge in [0.15, 0.2) is 0 Å². The van der Waals surface area contributed by atoms with Crippen LogP contribution in [0.5, 0.6) is 11.5 Å². The normalized spacial score (nSPS) is 11.3. The number of H-pyrrole nitrogens is 2. The van der Waals surface area contributed by atoms with Gasteiger partial charge in [0.05, 0.1) is 35.2 Å². The summed E-state index contributed by atoms with van der Waals surface area (Å²) in [5, 5.41) is 8.48. The van der Waals surface area contributed by atoms with E-state index in [1.54, 1.807) is 26.5 Å². The fraction of sp³-hybridized carbons (Fsp3) is 0.267. The van der Waals surface area contributed by atoms with E-state index in [1.807, 2.05) is 36.7 Å². The van der Waals surface area contributed by atoms with Gasteiger partial charge in [-0.2, -0.15) is 9.97 Å². The van der Waals surface area contributed by atoms with Crippen LogP contribution in [-0.2, 0) is 25.7 Å². The number of nitrogens with one attached hydrogen (secondary N) is 2.